The Hall–Kier alpha value is -0.700. The van der Waals surface area contributed by atoms with Crippen LogP contribution in [0.3, 0.4) is 0 Å². The van der Waals surface area contributed by atoms with Gasteiger partial charge in [-0.1, -0.05) is 0 Å². The molecule has 0 aromatic rings. The zero-order chi connectivity index (χ0) is 6.85. The number of carbonyl (C=O) groups is 2. The first-order valence-corrected chi connectivity index (χ1v) is 3.03. The molecule has 1 aliphatic rings. The second-order valence-corrected chi connectivity index (χ2v) is 2.26. The van der Waals surface area contributed by atoms with Gasteiger partial charge in [-0.2, -0.15) is 0 Å². The maximum absolute atomic E-state index is 10.7. The van der Waals surface area contributed by atoms with Crippen LogP contribution in [0.25, 0.3) is 0 Å². The second-order valence-electron chi connectivity index (χ2n) is 2.26. The van der Waals surface area contributed by atoms with Gasteiger partial charge in [-0.25, -0.2) is 0 Å². The fourth-order valence-electron chi connectivity index (χ4n) is 0.927. The van der Waals surface area contributed by atoms with Crippen LogP contribution in [0.1, 0.15) is 19.3 Å². The van der Waals surface area contributed by atoms with Crippen molar-refractivity contribution in [1.82, 2.24) is 0 Å². The first-order chi connectivity index (χ1) is 4.22. The summed E-state index contributed by atoms with van der Waals surface area (Å²) in [6.07, 6.45) is 1.64. The summed E-state index contributed by atoms with van der Waals surface area (Å²) in [5.41, 5.74) is 5.22. The number of nitrogens with two attached hydrogens (primary N) is 1. The lowest BCUT2D eigenvalue weighted by molar-refractivity contribution is -0.131. The van der Waals surface area contributed by atoms with E-state index in [1.165, 1.54) is 0 Å². The Morgan fingerprint density at radius 1 is 1.22 bits per heavy atom. The van der Waals surface area contributed by atoms with E-state index in [2.05, 4.69) is 0 Å². The molecule has 0 radical (unpaired) electrons. The summed E-state index contributed by atoms with van der Waals surface area (Å²) in [6.45, 7) is 0. The molecule has 0 aliphatic heterocycles. The summed E-state index contributed by atoms with van der Waals surface area (Å²) < 4.78 is 0. The predicted octanol–water partition coefficient (Wildman–Crippen LogP) is -0.364. The van der Waals surface area contributed by atoms with Gasteiger partial charge in [0.25, 0.3) is 0 Å². The zero-order valence-electron chi connectivity index (χ0n) is 5.09. The maximum Gasteiger partial charge on any atom is 0.157 e. The Bertz CT molecular complexity index is 137. The summed E-state index contributed by atoms with van der Waals surface area (Å²) in [5.74, 6) is -0.211. The van der Waals surface area contributed by atoms with Gasteiger partial charge in [0.1, 0.15) is 6.04 Å². The molecule has 9 heavy (non-hydrogen) atoms. The van der Waals surface area contributed by atoms with E-state index in [0.29, 0.717) is 19.3 Å². The molecule has 1 saturated carbocycles. The molecule has 3 heteroatoms. The largest absolute Gasteiger partial charge is 0.315 e. The van der Waals surface area contributed by atoms with Gasteiger partial charge in [-0.05, 0) is 6.42 Å². The van der Waals surface area contributed by atoms with Crippen LogP contribution >= 0.6 is 0 Å². The van der Waals surface area contributed by atoms with Crippen molar-refractivity contribution in [3.8, 4) is 0 Å². The van der Waals surface area contributed by atoms with Crippen molar-refractivity contribution in [2.45, 2.75) is 25.3 Å². The summed E-state index contributed by atoms with van der Waals surface area (Å²) in [4.78, 5) is 21.3. The molecular weight excluding hydrogens is 118 g/mol. The number of rotatable bonds is 0. The average Bonchev–Trinajstić information content (AvgIpc) is 1.83. The van der Waals surface area contributed by atoms with Crippen LogP contribution in [0.2, 0.25) is 0 Å². The minimum Gasteiger partial charge on any atom is -0.315 e. The van der Waals surface area contributed by atoms with Crippen LogP contribution in [0.15, 0.2) is 0 Å². The van der Waals surface area contributed by atoms with Crippen molar-refractivity contribution in [3.05, 3.63) is 0 Å². The normalized spacial score (nSPS) is 22.8. The first-order valence-electron chi connectivity index (χ1n) is 3.03. The van der Waals surface area contributed by atoms with Gasteiger partial charge in [0.05, 0.1) is 0 Å². The minimum atomic E-state index is -0.807. The lowest BCUT2D eigenvalue weighted by Crippen LogP contribution is -2.41. The van der Waals surface area contributed by atoms with Crippen molar-refractivity contribution in [2.24, 2.45) is 5.73 Å². The summed E-state index contributed by atoms with van der Waals surface area (Å²) in [5, 5.41) is 0. The molecule has 0 aromatic heterocycles. The van der Waals surface area contributed by atoms with Crippen molar-refractivity contribution >= 4 is 11.6 Å². The van der Waals surface area contributed by atoms with E-state index in [1.54, 1.807) is 0 Å². The van der Waals surface area contributed by atoms with Gasteiger partial charge in [0.15, 0.2) is 11.6 Å². The highest BCUT2D eigenvalue weighted by Gasteiger charge is 2.25. The van der Waals surface area contributed by atoms with Crippen LogP contribution in [0.4, 0.5) is 0 Å². The van der Waals surface area contributed by atoms with Crippen LogP contribution in [0, 0.1) is 0 Å². The monoisotopic (exact) mass is 127 g/mol. The van der Waals surface area contributed by atoms with Crippen LogP contribution in [0.5, 0.6) is 0 Å². The molecule has 0 unspecified atom stereocenters. The third-order valence-electron chi connectivity index (χ3n) is 1.54. The molecule has 0 saturated heterocycles. The summed E-state index contributed by atoms with van der Waals surface area (Å²) in [7, 11) is 0. The lowest BCUT2D eigenvalue weighted by atomic mass is 9.94. The van der Waals surface area contributed by atoms with Gasteiger partial charge in [-0.3, -0.25) is 9.59 Å². The van der Waals surface area contributed by atoms with Gasteiger partial charge < -0.3 is 5.73 Å². The van der Waals surface area contributed by atoms with Crippen molar-refractivity contribution in [2.75, 3.05) is 0 Å². The van der Waals surface area contributed by atoms with Gasteiger partial charge in [0, 0.05) is 12.8 Å². The summed E-state index contributed by atoms with van der Waals surface area (Å²) in [6, 6.07) is -0.807. The molecule has 0 bridgehead atoms. The third kappa shape index (κ3) is 1.16. The van der Waals surface area contributed by atoms with Crippen molar-refractivity contribution in [3.63, 3.8) is 0 Å². The number of ketones is 2. The minimum absolute atomic E-state index is 0.105. The number of Topliss-reactive ketones (excluding diaryl/α,β-unsaturated/α-hetero) is 2. The Morgan fingerprint density at radius 2 is 1.67 bits per heavy atom. The molecule has 1 fully saturated rings. The van der Waals surface area contributed by atoms with E-state index in [-0.39, 0.29) is 11.6 Å². The highest BCUT2D eigenvalue weighted by molar-refractivity contribution is 6.07. The van der Waals surface area contributed by atoms with Crippen LogP contribution in [-0.2, 0) is 9.59 Å². The summed E-state index contributed by atoms with van der Waals surface area (Å²) >= 11 is 0. The van der Waals surface area contributed by atoms with E-state index in [0.717, 1.165) is 0 Å². The molecule has 1 aliphatic carbocycles. The molecule has 0 amide bonds. The Balaban J connectivity index is 2.62. The SMILES string of the molecule is NC1C(=O)CCCC1=O. The van der Waals surface area contributed by atoms with Crippen molar-refractivity contribution in [1.29, 1.82) is 0 Å². The Kier molecular flexibility index (Phi) is 1.62. The van der Waals surface area contributed by atoms with E-state index < -0.39 is 6.04 Å². The molecular formula is C6H9NO2. The van der Waals surface area contributed by atoms with E-state index in [1.807, 2.05) is 0 Å². The Labute approximate surface area is 53.2 Å². The zero-order valence-corrected chi connectivity index (χ0v) is 5.09. The molecule has 50 valence electrons. The highest BCUT2D eigenvalue weighted by Crippen LogP contribution is 2.08. The van der Waals surface area contributed by atoms with E-state index in [9.17, 15) is 9.59 Å². The number of carbonyl (C=O) groups excluding carboxylic acids is 2. The fourth-order valence-corrected chi connectivity index (χ4v) is 0.927. The number of hydrogen-bond acceptors (Lipinski definition) is 3. The first kappa shape index (κ1) is 6.42. The second kappa shape index (κ2) is 2.27. The highest BCUT2D eigenvalue weighted by atomic mass is 16.2. The van der Waals surface area contributed by atoms with Crippen molar-refractivity contribution < 1.29 is 9.59 Å². The smallest absolute Gasteiger partial charge is 0.157 e. The lowest BCUT2D eigenvalue weighted by Gasteiger charge is -2.13. The molecule has 0 aromatic carbocycles. The van der Waals surface area contributed by atoms with Gasteiger partial charge >= 0.3 is 0 Å². The molecule has 3 nitrogen and oxygen atoms in total. The van der Waals surface area contributed by atoms with Crippen LogP contribution in [-0.4, -0.2) is 17.6 Å². The maximum atomic E-state index is 10.7. The average molecular weight is 127 g/mol. The fraction of sp³-hybridized carbons (Fsp3) is 0.667. The molecule has 0 spiro atoms. The molecule has 0 heterocycles. The van der Waals surface area contributed by atoms with E-state index >= 15 is 0 Å². The molecule has 0 atom stereocenters. The van der Waals surface area contributed by atoms with Crippen LogP contribution < -0.4 is 5.73 Å². The third-order valence-corrected chi connectivity index (χ3v) is 1.54. The molecule has 1 rings (SSSR count). The predicted molar refractivity (Wildman–Crippen MR) is 31.8 cm³/mol. The number of hydrogen-bond donors (Lipinski definition) is 1. The standard InChI is InChI=1S/C6H9NO2/c7-6-4(8)2-1-3-5(6)9/h6H,1-3,7H2. The Morgan fingerprint density at radius 3 is 2.00 bits per heavy atom. The quantitative estimate of drug-likeness (QED) is 0.452. The molecule has 2 N–H and O–H groups in total. The topological polar surface area (TPSA) is 60.2 Å². The van der Waals surface area contributed by atoms with E-state index in [4.69, 9.17) is 5.73 Å². The van der Waals surface area contributed by atoms with Gasteiger partial charge in [0.2, 0.25) is 0 Å². The van der Waals surface area contributed by atoms with Gasteiger partial charge in [-0.15, -0.1) is 0 Å².